The van der Waals surface area contributed by atoms with E-state index in [1.807, 2.05) is 25.1 Å². The number of piperidine rings is 1. The predicted octanol–water partition coefficient (Wildman–Crippen LogP) is 2.29. The highest BCUT2D eigenvalue weighted by atomic mass is 16.5. The monoisotopic (exact) mass is 233 g/mol. The van der Waals surface area contributed by atoms with Crippen molar-refractivity contribution in [1.82, 2.24) is 5.32 Å². The van der Waals surface area contributed by atoms with E-state index in [0.29, 0.717) is 6.61 Å². The van der Waals surface area contributed by atoms with Crippen LogP contribution in [0.5, 0.6) is 0 Å². The molecule has 0 saturated carbocycles. The molecule has 2 atom stereocenters. The van der Waals surface area contributed by atoms with Crippen LogP contribution in [0.15, 0.2) is 30.3 Å². The van der Waals surface area contributed by atoms with Crippen LogP contribution in [0.3, 0.4) is 0 Å². The highest BCUT2D eigenvalue weighted by molar-refractivity contribution is 5.73. The standard InChI is InChI=1S/C14H19NO2/c1-2-17-14(16)12-9-6-10-15-13(12)11-7-4-3-5-8-11/h3-5,7-8,12-13,15H,2,6,9-10H2,1H3/t12-,13+/m0/s1. The van der Waals surface area contributed by atoms with Crippen LogP contribution < -0.4 is 5.32 Å². The number of nitrogens with one attached hydrogen (secondary N) is 1. The smallest absolute Gasteiger partial charge is 0.310 e. The molecule has 92 valence electrons. The van der Waals surface area contributed by atoms with Crippen molar-refractivity contribution in [2.24, 2.45) is 5.92 Å². The minimum absolute atomic E-state index is 0.0499. The van der Waals surface area contributed by atoms with Crippen molar-refractivity contribution in [3.63, 3.8) is 0 Å². The van der Waals surface area contributed by atoms with Gasteiger partial charge >= 0.3 is 5.97 Å². The molecule has 0 aromatic heterocycles. The molecular formula is C14H19NO2. The SMILES string of the molecule is CCOC(=O)[C@H]1CCCN[C@@H]1c1ccccc1. The summed E-state index contributed by atoms with van der Waals surface area (Å²) in [5, 5.41) is 3.42. The minimum atomic E-state index is -0.0754. The molecule has 1 aromatic rings. The van der Waals surface area contributed by atoms with Crippen molar-refractivity contribution in [1.29, 1.82) is 0 Å². The largest absolute Gasteiger partial charge is 0.466 e. The van der Waals surface area contributed by atoms with Gasteiger partial charge in [0.15, 0.2) is 0 Å². The zero-order valence-electron chi connectivity index (χ0n) is 10.2. The summed E-state index contributed by atoms with van der Waals surface area (Å²) in [5.41, 5.74) is 1.17. The summed E-state index contributed by atoms with van der Waals surface area (Å²) in [6.07, 6.45) is 1.94. The number of benzene rings is 1. The Morgan fingerprint density at radius 1 is 1.41 bits per heavy atom. The van der Waals surface area contributed by atoms with Crippen LogP contribution in [0.25, 0.3) is 0 Å². The van der Waals surface area contributed by atoms with Crippen LogP contribution in [0.2, 0.25) is 0 Å². The maximum atomic E-state index is 11.9. The minimum Gasteiger partial charge on any atom is -0.466 e. The number of carbonyl (C=O) groups is 1. The molecule has 1 saturated heterocycles. The molecule has 0 amide bonds. The van der Waals surface area contributed by atoms with Crippen LogP contribution in [-0.4, -0.2) is 19.1 Å². The van der Waals surface area contributed by atoms with Crippen LogP contribution in [-0.2, 0) is 9.53 Å². The molecule has 1 N–H and O–H groups in total. The molecule has 0 radical (unpaired) electrons. The van der Waals surface area contributed by atoms with Gasteiger partial charge in [-0.25, -0.2) is 0 Å². The first kappa shape index (κ1) is 12.1. The number of hydrogen-bond acceptors (Lipinski definition) is 3. The predicted molar refractivity (Wildman–Crippen MR) is 66.5 cm³/mol. The lowest BCUT2D eigenvalue weighted by atomic mass is 9.86. The Labute approximate surface area is 102 Å². The van der Waals surface area contributed by atoms with Gasteiger partial charge in [-0.15, -0.1) is 0 Å². The summed E-state index contributed by atoms with van der Waals surface area (Å²) in [5.74, 6) is -0.125. The van der Waals surface area contributed by atoms with E-state index in [9.17, 15) is 4.79 Å². The zero-order valence-corrected chi connectivity index (χ0v) is 10.2. The molecule has 1 heterocycles. The second kappa shape index (κ2) is 5.82. The molecule has 0 bridgehead atoms. The lowest BCUT2D eigenvalue weighted by molar-refractivity contribution is -0.150. The Morgan fingerprint density at radius 3 is 2.88 bits per heavy atom. The molecule has 0 spiro atoms. The molecule has 1 aliphatic heterocycles. The van der Waals surface area contributed by atoms with Gasteiger partial charge in [-0.1, -0.05) is 30.3 Å². The van der Waals surface area contributed by atoms with E-state index in [4.69, 9.17) is 4.74 Å². The highest BCUT2D eigenvalue weighted by Crippen LogP contribution is 2.30. The summed E-state index contributed by atoms with van der Waals surface area (Å²) in [7, 11) is 0. The van der Waals surface area contributed by atoms with Crippen molar-refractivity contribution < 1.29 is 9.53 Å². The van der Waals surface area contributed by atoms with E-state index < -0.39 is 0 Å². The first-order chi connectivity index (χ1) is 8.33. The van der Waals surface area contributed by atoms with Crippen molar-refractivity contribution in [3.05, 3.63) is 35.9 Å². The normalized spacial score (nSPS) is 24.3. The topological polar surface area (TPSA) is 38.3 Å². The lowest BCUT2D eigenvalue weighted by Gasteiger charge is -2.31. The van der Waals surface area contributed by atoms with Gasteiger partial charge in [0.25, 0.3) is 0 Å². The summed E-state index contributed by atoms with van der Waals surface area (Å²) in [4.78, 5) is 11.9. The van der Waals surface area contributed by atoms with E-state index in [1.54, 1.807) is 0 Å². The van der Waals surface area contributed by atoms with Gasteiger partial charge in [0.1, 0.15) is 0 Å². The molecule has 17 heavy (non-hydrogen) atoms. The Hall–Kier alpha value is -1.35. The van der Waals surface area contributed by atoms with Gasteiger partial charge in [-0.05, 0) is 31.9 Å². The van der Waals surface area contributed by atoms with Gasteiger partial charge < -0.3 is 10.1 Å². The average molecular weight is 233 g/mol. The van der Waals surface area contributed by atoms with Crippen LogP contribution in [0.1, 0.15) is 31.4 Å². The zero-order chi connectivity index (χ0) is 12.1. The van der Waals surface area contributed by atoms with Crippen molar-refractivity contribution in [2.75, 3.05) is 13.2 Å². The first-order valence-electron chi connectivity index (χ1n) is 6.28. The average Bonchev–Trinajstić information content (AvgIpc) is 2.40. The highest BCUT2D eigenvalue weighted by Gasteiger charge is 2.32. The number of rotatable bonds is 3. The van der Waals surface area contributed by atoms with Crippen LogP contribution in [0, 0.1) is 5.92 Å². The van der Waals surface area contributed by atoms with Crippen molar-refractivity contribution >= 4 is 5.97 Å². The van der Waals surface area contributed by atoms with E-state index >= 15 is 0 Å². The summed E-state index contributed by atoms with van der Waals surface area (Å²) in [6.45, 7) is 3.28. The third kappa shape index (κ3) is 2.86. The molecule has 1 aromatic carbocycles. The third-order valence-electron chi connectivity index (χ3n) is 3.21. The van der Waals surface area contributed by atoms with Crippen LogP contribution in [0.4, 0.5) is 0 Å². The van der Waals surface area contributed by atoms with Crippen molar-refractivity contribution in [3.8, 4) is 0 Å². The van der Waals surface area contributed by atoms with Gasteiger partial charge in [-0.3, -0.25) is 4.79 Å². The Bertz CT molecular complexity index is 364. The Morgan fingerprint density at radius 2 is 2.18 bits per heavy atom. The maximum absolute atomic E-state index is 11.9. The van der Waals surface area contributed by atoms with E-state index in [-0.39, 0.29) is 17.9 Å². The molecule has 1 aliphatic rings. The molecule has 0 unspecified atom stereocenters. The summed E-state index contributed by atoms with van der Waals surface area (Å²) in [6, 6.07) is 10.2. The summed E-state index contributed by atoms with van der Waals surface area (Å²) < 4.78 is 5.15. The van der Waals surface area contributed by atoms with Gasteiger partial charge in [0.05, 0.1) is 12.5 Å². The number of carbonyl (C=O) groups excluding carboxylic acids is 1. The second-order valence-corrected chi connectivity index (χ2v) is 4.34. The number of esters is 1. The fraction of sp³-hybridized carbons (Fsp3) is 0.500. The van der Waals surface area contributed by atoms with Gasteiger partial charge in [-0.2, -0.15) is 0 Å². The molecule has 2 rings (SSSR count). The molecule has 3 heteroatoms. The fourth-order valence-corrected chi connectivity index (χ4v) is 2.40. The molecule has 0 aliphatic carbocycles. The number of ether oxygens (including phenoxy) is 1. The molecule has 1 fully saturated rings. The molecular weight excluding hydrogens is 214 g/mol. The van der Waals surface area contributed by atoms with Crippen molar-refractivity contribution in [2.45, 2.75) is 25.8 Å². The van der Waals surface area contributed by atoms with E-state index in [2.05, 4.69) is 17.4 Å². The Kier molecular flexibility index (Phi) is 4.15. The molecule has 3 nitrogen and oxygen atoms in total. The quantitative estimate of drug-likeness (QED) is 0.814. The lowest BCUT2D eigenvalue weighted by Crippen LogP contribution is -2.39. The Balaban J connectivity index is 2.15. The maximum Gasteiger partial charge on any atom is 0.310 e. The second-order valence-electron chi connectivity index (χ2n) is 4.34. The fourth-order valence-electron chi connectivity index (χ4n) is 2.40. The van der Waals surface area contributed by atoms with E-state index in [0.717, 1.165) is 19.4 Å². The number of hydrogen-bond donors (Lipinski definition) is 1. The third-order valence-corrected chi connectivity index (χ3v) is 3.21. The van der Waals surface area contributed by atoms with Gasteiger partial charge in [0.2, 0.25) is 0 Å². The van der Waals surface area contributed by atoms with Crippen LogP contribution >= 0.6 is 0 Å². The van der Waals surface area contributed by atoms with E-state index in [1.165, 1.54) is 5.56 Å². The first-order valence-corrected chi connectivity index (χ1v) is 6.28. The van der Waals surface area contributed by atoms with Gasteiger partial charge in [0, 0.05) is 6.04 Å². The summed E-state index contributed by atoms with van der Waals surface area (Å²) >= 11 is 0.